The van der Waals surface area contributed by atoms with Gasteiger partial charge in [-0.05, 0) is 35.8 Å². The summed E-state index contributed by atoms with van der Waals surface area (Å²) in [4.78, 5) is 5.49. The largest absolute Gasteiger partial charge is 0.466 e. The summed E-state index contributed by atoms with van der Waals surface area (Å²) in [5, 5.41) is 3.42. The lowest BCUT2D eigenvalue weighted by molar-refractivity contribution is 0.428. The molecule has 0 saturated carbocycles. The van der Waals surface area contributed by atoms with Gasteiger partial charge in [0.2, 0.25) is 0 Å². The zero-order valence-corrected chi connectivity index (χ0v) is 11.6. The Balaban J connectivity index is 1.97. The Bertz CT molecular complexity index is 466. The Hall–Kier alpha value is -0.650. The van der Waals surface area contributed by atoms with Crippen LogP contribution in [0, 0.1) is 6.92 Å². The molecule has 1 unspecified atom stereocenters. The molecule has 0 spiro atoms. The first kappa shape index (κ1) is 11.8. The van der Waals surface area contributed by atoms with Gasteiger partial charge >= 0.3 is 0 Å². The second-order valence-electron chi connectivity index (χ2n) is 3.60. The molecule has 0 aliphatic rings. The van der Waals surface area contributed by atoms with E-state index in [4.69, 9.17) is 4.42 Å². The second kappa shape index (κ2) is 5.12. The van der Waals surface area contributed by atoms with Gasteiger partial charge < -0.3 is 9.73 Å². The molecule has 0 aliphatic carbocycles. The summed E-state index contributed by atoms with van der Waals surface area (Å²) < 4.78 is 6.41. The highest BCUT2D eigenvalue weighted by molar-refractivity contribution is 9.10. The summed E-state index contributed by atoms with van der Waals surface area (Å²) in [6, 6.07) is 2.09. The maximum atomic E-state index is 5.40. The minimum atomic E-state index is 0.186. The molecule has 1 N–H and O–H groups in total. The number of hydrogen-bond donors (Lipinski definition) is 1. The highest BCUT2D eigenvalue weighted by atomic mass is 79.9. The number of rotatable bonds is 4. The van der Waals surface area contributed by atoms with Crippen molar-refractivity contribution in [3.8, 4) is 0 Å². The van der Waals surface area contributed by atoms with Crippen molar-refractivity contribution in [1.29, 1.82) is 0 Å². The van der Waals surface area contributed by atoms with Gasteiger partial charge in [-0.15, -0.1) is 11.3 Å². The van der Waals surface area contributed by atoms with E-state index in [1.807, 2.05) is 18.5 Å². The van der Waals surface area contributed by atoms with Gasteiger partial charge in [0.05, 0.1) is 28.0 Å². The quantitative estimate of drug-likeness (QED) is 0.936. The van der Waals surface area contributed by atoms with Crippen molar-refractivity contribution in [3.63, 3.8) is 0 Å². The van der Waals surface area contributed by atoms with Crippen LogP contribution in [0.25, 0.3) is 0 Å². The molecule has 0 radical (unpaired) electrons. The molecule has 2 aromatic rings. The second-order valence-corrected chi connectivity index (χ2v) is 5.39. The Morgan fingerprint density at radius 1 is 1.62 bits per heavy atom. The third-order valence-electron chi connectivity index (χ3n) is 2.45. The van der Waals surface area contributed by atoms with Crippen molar-refractivity contribution in [1.82, 2.24) is 10.3 Å². The first-order valence-electron chi connectivity index (χ1n) is 5.03. The summed E-state index contributed by atoms with van der Waals surface area (Å²) in [6.45, 7) is 4.94. The lowest BCUT2D eigenvalue weighted by Crippen LogP contribution is -2.17. The molecular weight excluding hydrogens is 288 g/mol. The molecular formula is C11H13BrN2OS. The van der Waals surface area contributed by atoms with Gasteiger partial charge in [0.15, 0.2) is 0 Å². The SMILES string of the molecule is Cc1ncsc1CNC(C)c1occc1Br. The van der Waals surface area contributed by atoms with Crippen LogP contribution in [0.4, 0.5) is 0 Å². The van der Waals surface area contributed by atoms with E-state index < -0.39 is 0 Å². The van der Waals surface area contributed by atoms with Crippen LogP contribution in [0.1, 0.15) is 29.3 Å². The predicted octanol–water partition coefficient (Wildman–Crippen LogP) is 3.66. The Labute approximate surface area is 107 Å². The fourth-order valence-corrected chi connectivity index (χ4v) is 2.72. The third kappa shape index (κ3) is 2.53. The molecule has 2 aromatic heterocycles. The lowest BCUT2D eigenvalue weighted by Gasteiger charge is -2.11. The molecule has 16 heavy (non-hydrogen) atoms. The Morgan fingerprint density at radius 2 is 2.44 bits per heavy atom. The van der Waals surface area contributed by atoms with Crippen molar-refractivity contribution in [3.05, 3.63) is 38.6 Å². The van der Waals surface area contributed by atoms with Crippen molar-refractivity contribution in [2.45, 2.75) is 26.4 Å². The molecule has 2 heterocycles. The number of aromatic nitrogens is 1. The monoisotopic (exact) mass is 300 g/mol. The maximum absolute atomic E-state index is 5.40. The molecule has 3 nitrogen and oxygen atoms in total. The molecule has 2 rings (SSSR count). The number of aryl methyl sites for hydroxylation is 1. The summed E-state index contributed by atoms with van der Waals surface area (Å²) in [7, 11) is 0. The fraction of sp³-hybridized carbons (Fsp3) is 0.364. The van der Waals surface area contributed by atoms with Gasteiger partial charge in [-0.2, -0.15) is 0 Å². The summed E-state index contributed by atoms with van der Waals surface area (Å²) in [6.07, 6.45) is 1.69. The van der Waals surface area contributed by atoms with Crippen LogP contribution in [-0.2, 0) is 6.54 Å². The number of nitrogens with one attached hydrogen (secondary N) is 1. The van der Waals surface area contributed by atoms with E-state index in [0.29, 0.717) is 0 Å². The van der Waals surface area contributed by atoms with Gasteiger partial charge in [-0.3, -0.25) is 0 Å². The van der Waals surface area contributed by atoms with Crippen LogP contribution >= 0.6 is 27.3 Å². The van der Waals surface area contributed by atoms with Gasteiger partial charge in [-0.1, -0.05) is 0 Å². The Morgan fingerprint density at radius 3 is 3.00 bits per heavy atom. The Kier molecular flexibility index (Phi) is 3.78. The van der Waals surface area contributed by atoms with Crippen LogP contribution in [0.2, 0.25) is 0 Å². The lowest BCUT2D eigenvalue weighted by atomic mass is 10.2. The highest BCUT2D eigenvalue weighted by Crippen LogP contribution is 2.24. The van der Waals surface area contributed by atoms with Crippen LogP contribution in [0.15, 0.2) is 26.7 Å². The van der Waals surface area contributed by atoms with E-state index in [-0.39, 0.29) is 6.04 Å². The van der Waals surface area contributed by atoms with Crippen LogP contribution in [0.3, 0.4) is 0 Å². The average Bonchev–Trinajstić information content (AvgIpc) is 2.84. The van der Waals surface area contributed by atoms with E-state index in [2.05, 4.69) is 33.2 Å². The molecule has 0 saturated heterocycles. The maximum Gasteiger partial charge on any atom is 0.134 e. The standard InChI is InChI=1S/C11H13BrN2OS/c1-7-10(16-6-14-7)5-13-8(2)11-9(12)3-4-15-11/h3-4,6,8,13H,5H2,1-2H3. The molecule has 0 aliphatic heterocycles. The number of nitrogens with zero attached hydrogens (tertiary/aromatic N) is 1. The van der Waals surface area contributed by atoms with Gasteiger partial charge in [0.1, 0.15) is 5.76 Å². The van der Waals surface area contributed by atoms with Crippen LogP contribution < -0.4 is 5.32 Å². The van der Waals surface area contributed by atoms with Gasteiger partial charge in [0.25, 0.3) is 0 Å². The van der Waals surface area contributed by atoms with Crippen molar-refractivity contribution < 1.29 is 4.42 Å². The molecule has 5 heteroatoms. The molecule has 0 amide bonds. The number of thiazole rings is 1. The number of furan rings is 1. The van der Waals surface area contributed by atoms with E-state index in [1.165, 1.54) is 4.88 Å². The normalized spacial score (nSPS) is 12.9. The molecule has 86 valence electrons. The minimum Gasteiger partial charge on any atom is -0.466 e. The number of halogens is 1. The summed E-state index contributed by atoms with van der Waals surface area (Å²) >= 11 is 5.13. The predicted molar refractivity (Wildman–Crippen MR) is 68.5 cm³/mol. The summed E-state index contributed by atoms with van der Waals surface area (Å²) in [5.41, 5.74) is 2.98. The van der Waals surface area contributed by atoms with Crippen molar-refractivity contribution in [2.75, 3.05) is 0 Å². The van der Waals surface area contributed by atoms with Crippen LogP contribution in [0.5, 0.6) is 0 Å². The first-order chi connectivity index (χ1) is 7.68. The van der Waals surface area contributed by atoms with Crippen molar-refractivity contribution in [2.24, 2.45) is 0 Å². The molecule has 0 aromatic carbocycles. The zero-order valence-electron chi connectivity index (χ0n) is 9.16. The van der Waals surface area contributed by atoms with Crippen molar-refractivity contribution >= 4 is 27.3 Å². The third-order valence-corrected chi connectivity index (χ3v) is 4.04. The van der Waals surface area contributed by atoms with E-state index in [9.17, 15) is 0 Å². The topological polar surface area (TPSA) is 38.1 Å². The van der Waals surface area contributed by atoms with Gasteiger partial charge in [-0.25, -0.2) is 4.98 Å². The highest BCUT2D eigenvalue weighted by Gasteiger charge is 2.12. The minimum absolute atomic E-state index is 0.186. The fourth-order valence-electron chi connectivity index (χ4n) is 1.45. The van der Waals surface area contributed by atoms with E-state index in [0.717, 1.165) is 22.5 Å². The average molecular weight is 301 g/mol. The zero-order chi connectivity index (χ0) is 11.5. The van der Waals surface area contributed by atoms with Crippen LogP contribution in [-0.4, -0.2) is 4.98 Å². The smallest absolute Gasteiger partial charge is 0.134 e. The molecule has 1 atom stereocenters. The molecule has 0 fully saturated rings. The summed E-state index contributed by atoms with van der Waals surface area (Å²) in [5.74, 6) is 0.933. The van der Waals surface area contributed by atoms with Gasteiger partial charge in [0, 0.05) is 11.4 Å². The number of hydrogen-bond acceptors (Lipinski definition) is 4. The molecule has 0 bridgehead atoms. The van der Waals surface area contributed by atoms with E-state index >= 15 is 0 Å². The first-order valence-corrected chi connectivity index (χ1v) is 6.71. The van der Waals surface area contributed by atoms with E-state index in [1.54, 1.807) is 17.6 Å².